The predicted molar refractivity (Wildman–Crippen MR) is 85.4 cm³/mol. The number of rotatable bonds is 8. The molecule has 0 aliphatic rings. The van der Waals surface area contributed by atoms with Crippen LogP contribution in [-0.4, -0.2) is 62.9 Å². The molecule has 0 heterocycles. The van der Waals surface area contributed by atoms with Crippen LogP contribution in [0.1, 0.15) is 60.2 Å². The van der Waals surface area contributed by atoms with E-state index in [0.717, 1.165) is 25.7 Å². The van der Waals surface area contributed by atoms with Gasteiger partial charge in [0.15, 0.2) is 0 Å². The molecule has 0 bridgehead atoms. The van der Waals surface area contributed by atoms with E-state index in [2.05, 4.69) is 0 Å². The third kappa shape index (κ3) is 7.84. The fraction of sp³-hybridized carbons (Fsp3) is 0.500. The third-order valence-corrected chi connectivity index (χ3v) is 2.82. The van der Waals surface area contributed by atoms with Crippen LogP contribution < -0.4 is 0 Å². The number of esters is 2. The molecule has 0 unspecified atom stereocenters. The molecule has 1 aromatic carbocycles. The van der Waals surface area contributed by atoms with E-state index in [1.165, 1.54) is 0 Å². The molecule has 0 N–H and O–H groups in total. The summed E-state index contributed by atoms with van der Waals surface area (Å²) >= 11 is 0. The predicted octanol–water partition coefficient (Wildman–Crippen LogP) is 2.68. The van der Waals surface area contributed by atoms with Crippen molar-refractivity contribution in [3.05, 3.63) is 35.4 Å². The molecule has 21 heavy (non-hydrogen) atoms. The Morgan fingerprint density at radius 1 is 0.810 bits per heavy atom. The maximum absolute atomic E-state index is 11.7. The molecule has 0 amide bonds. The Labute approximate surface area is 156 Å². The Bertz CT molecular complexity index is 387. The summed E-state index contributed by atoms with van der Waals surface area (Å²) in [6.45, 7) is 4.92. The molecule has 0 radical (unpaired) electrons. The first-order valence-corrected chi connectivity index (χ1v) is 7.13. The van der Waals surface area contributed by atoms with Gasteiger partial charge in [0.05, 0.1) is 24.3 Å². The van der Waals surface area contributed by atoms with Gasteiger partial charge in [0.25, 0.3) is 0 Å². The molecular weight excluding hydrogens is 296 g/mol. The summed E-state index contributed by atoms with van der Waals surface area (Å²) in [5.41, 5.74) is 0.900. The van der Waals surface area contributed by atoms with Crippen LogP contribution in [-0.2, 0) is 9.47 Å². The molecule has 0 aromatic heterocycles. The first-order valence-electron chi connectivity index (χ1n) is 7.13. The Morgan fingerprint density at radius 2 is 1.14 bits per heavy atom. The summed E-state index contributed by atoms with van der Waals surface area (Å²) in [5, 5.41) is 0. The quantitative estimate of drug-likeness (QED) is 0.420. The zero-order valence-electron chi connectivity index (χ0n) is 12.2. The third-order valence-electron chi connectivity index (χ3n) is 2.82. The second kappa shape index (κ2) is 12.0. The second-order valence-corrected chi connectivity index (χ2v) is 4.56. The minimum absolute atomic E-state index is 0. The van der Waals surface area contributed by atoms with Crippen LogP contribution in [0.3, 0.4) is 0 Å². The van der Waals surface area contributed by atoms with Crippen LogP contribution >= 0.6 is 0 Å². The van der Waals surface area contributed by atoms with E-state index in [1.54, 1.807) is 24.3 Å². The first-order chi connectivity index (χ1) is 9.69. The van der Waals surface area contributed by atoms with Crippen molar-refractivity contribution in [2.45, 2.75) is 39.5 Å². The number of hydrogen-bond acceptors (Lipinski definition) is 4. The van der Waals surface area contributed by atoms with E-state index in [9.17, 15) is 9.59 Å². The molecule has 5 heteroatoms. The van der Waals surface area contributed by atoms with Gasteiger partial charge in [-0.25, -0.2) is 9.59 Å². The van der Waals surface area contributed by atoms with Gasteiger partial charge >= 0.3 is 49.7 Å². The van der Waals surface area contributed by atoms with Crippen LogP contribution in [0, 0.1) is 0 Å². The van der Waals surface area contributed by atoms with E-state index in [1.807, 2.05) is 13.8 Å². The van der Waals surface area contributed by atoms with Gasteiger partial charge in [-0.1, -0.05) is 26.7 Å². The van der Waals surface area contributed by atoms with Gasteiger partial charge < -0.3 is 9.47 Å². The maximum atomic E-state index is 11.7. The summed E-state index contributed by atoms with van der Waals surface area (Å²) in [5.74, 6) is -0.714. The van der Waals surface area contributed by atoms with Crippen molar-refractivity contribution in [2.24, 2.45) is 0 Å². The van der Waals surface area contributed by atoms with E-state index in [-0.39, 0.29) is 49.7 Å². The molecule has 1 aromatic rings. The molecule has 4 nitrogen and oxygen atoms in total. The molecular formula is C16H24CaO4. The van der Waals surface area contributed by atoms with Crippen LogP contribution in [0.25, 0.3) is 0 Å². The second-order valence-electron chi connectivity index (χ2n) is 4.56. The van der Waals surface area contributed by atoms with Gasteiger partial charge in [0.1, 0.15) is 0 Å². The Hall–Kier alpha value is -0.580. The van der Waals surface area contributed by atoms with Crippen molar-refractivity contribution in [2.75, 3.05) is 13.2 Å². The minimum atomic E-state index is -0.357. The van der Waals surface area contributed by atoms with Crippen molar-refractivity contribution in [1.82, 2.24) is 0 Å². The number of hydrogen-bond donors (Lipinski definition) is 0. The Kier molecular flexibility index (Phi) is 11.7. The van der Waals surface area contributed by atoms with Crippen molar-refractivity contribution in [3.8, 4) is 0 Å². The number of benzene rings is 1. The molecule has 0 atom stereocenters. The van der Waals surface area contributed by atoms with Gasteiger partial charge in [-0.2, -0.15) is 0 Å². The summed E-state index contributed by atoms with van der Waals surface area (Å²) in [7, 11) is 0. The summed E-state index contributed by atoms with van der Waals surface area (Å²) in [6.07, 6.45) is 3.67. The normalized spacial score (nSPS) is 9.62. The van der Waals surface area contributed by atoms with E-state index in [4.69, 9.17) is 9.47 Å². The number of ether oxygens (including phenoxy) is 2. The fourth-order valence-corrected chi connectivity index (χ4v) is 1.53. The molecule has 0 spiro atoms. The van der Waals surface area contributed by atoms with Crippen molar-refractivity contribution < 1.29 is 19.1 Å². The number of unbranched alkanes of at least 4 members (excludes halogenated alkanes) is 2. The van der Waals surface area contributed by atoms with E-state index < -0.39 is 0 Å². The number of carbonyl (C=O) groups is 2. The summed E-state index contributed by atoms with van der Waals surface area (Å²) in [4.78, 5) is 23.3. The van der Waals surface area contributed by atoms with Crippen LogP contribution in [0.15, 0.2) is 24.3 Å². The monoisotopic (exact) mass is 320 g/mol. The van der Waals surface area contributed by atoms with Gasteiger partial charge in [0, 0.05) is 0 Å². The van der Waals surface area contributed by atoms with Crippen molar-refractivity contribution in [1.29, 1.82) is 0 Å². The molecule has 0 saturated heterocycles. The van der Waals surface area contributed by atoms with Crippen LogP contribution in [0.2, 0.25) is 0 Å². The molecule has 114 valence electrons. The van der Waals surface area contributed by atoms with Gasteiger partial charge in [-0.15, -0.1) is 0 Å². The fourth-order valence-electron chi connectivity index (χ4n) is 1.53. The van der Waals surface area contributed by atoms with Crippen LogP contribution in [0.4, 0.5) is 0 Å². The SMILES string of the molecule is CCCCOC(=O)c1ccc(C(=O)OCCCC)cc1.[CaH2]. The Morgan fingerprint density at radius 3 is 1.43 bits per heavy atom. The number of carbonyl (C=O) groups excluding carboxylic acids is 2. The average molecular weight is 320 g/mol. The summed E-state index contributed by atoms with van der Waals surface area (Å²) < 4.78 is 10.2. The van der Waals surface area contributed by atoms with Crippen molar-refractivity contribution in [3.63, 3.8) is 0 Å². The van der Waals surface area contributed by atoms with Crippen molar-refractivity contribution >= 4 is 49.7 Å². The van der Waals surface area contributed by atoms with Gasteiger partial charge in [0.2, 0.25) is 0 Å². The molecule has 0 saturated carbocycles. The zero-order valence-corrected chi connectivity index (χ0v) is 12.2. The van der Waals surface area contributed by atoms with E-state index >= 15 is 0 Å². The molecule has 1 rings (SSSR count). The van der Waals surface area contributed by atoms with Crippen LogP contribution in [0.5, 0.6) is 0 Å². The standard InChI is InChI=1S/C16H22O4.Ca.2H/c1-3-5-11-19-15(17)13-7-9-14(10-8-13)16(18)20-12-6-4-2;;;/h7-10H,3-6,11-12H2,1-2H3;;;. The first kappa shape index (κ1) is 20.4. The molecule has 0 aliphatic carbocycles. The molecule has 0 fully saturated rings. The van der Waals surface area contributed by atoms with Gasteiger partial charge in [-0.3, -0.25) is 0 Å². The zero-order chi connectivity index (χ0) is 14.8. The summed E-state index contributed by atoms with van der Waals surface area (Å²) in [6, 6.07) is 6.35. The molecule has 0 aliphatic heterocycles. The average Bonchev–Trinajstić information content (AvgIpc) is 2.47. The topological polar surface area (TPSA) is 52.6 Å². The Balaban J connectivity index is 0.00000400. The van der Waals surface area contributed by atoms with Gasteiger partial charge in [-0.05, 0) is 37.1 Å². The van der Waals surface area contributed by atoms with E-state index in [0.29, 0.717) is 24.3 Å².